The highest BCUT2D eigenvalue weighted by Gasteiger charge is 2.35. The minimum atomic E-state index is -1.06. The molecule has 0 amide bonds. The van der Waals surface area contributed by atoms with Crippen molar-refractivity contribution in [3.8, 4) is 0 Å². The molecule has 1 aromatic carbocycles. The highest BCUT2D eigenvalue weighted by molar-refractivity contribution is 7.11. The molecule has 8 rings (SSSR count). The summed E-state index contributed by atoms with van der Waals surface area (Å²) < 4.78 is 56.1. The Kier molecular flexibility index (Phi) is 30.6. The number of nitrogens with zero attached hydrogens (tertiary/aromatic N) is 3. The van der Waals surface area contributed by atoms with Crippen molar-refractivity contribution >= 4 is 52.7 Å². The summed E-state index contributed by atoms with van der Waals surface area (Å²) in [6, 6.07) is 3.11. The molecule has 0 bridgehead atoms. The number of morpholine rings is 1. The third-order valence-corrected chi connectivity index (χ3v) is 13.2. The second-order valence-electron chi connectivity index (χ2n) is 19.6. The van der Waals surface area contributed by atoms with E-state index in [1.165, 1.54) is 67.4 Å². The van der Waals surface area contributed by atoms with E-state index >= 15 is 0 Å². The van der Waals surface area contributed by atoms with Gasteiger partial charge in [0.15, 0.2) is 17.1 Å². The molecular formula is C56H80ClFN4O15S. The number of methoxy groups -OCH3 is 1. The number of benzene rings is 1. The minimum Gasteiger partial charge on any atom is -0.478 e. The van der Waals surface area contributed by atoms with E-state index in [0.717, 1.165) is 89.9 Å². The first-order valence-electron chi connectivity index (χ1n) is 26.8. The summed E-state index contributed by atoms with van der Waals surface area (Å²) >= 11 is 7.78. The molecule has 6 atom stereocenters. The number of nitrogens with one attached hydrogen (secondary N) is 1. The number of hydrogen-bond acceptors (Lipinski definition) is 18. The van der Waals surface area contributed by atoms with Gasteiger partial charge in [0.1, 0.15) is 17.5 Å². The monoisotopic (exact) mass is 1130 g/mol. The molecule has 22 heteroatoms. The predicted molar refractivity (Wildman–Crippen MR) is 293 cm³/mol. The van der Waals surface area contributed by atoms with Crippen molar-refractivity contribution in [3.05, 3.63) is 98.9 Å². The Balaban J connectivity index is 0.000000253. The topological polar surface area (TPSA) is 243 Å². The van der Waals surface area contributed by atoms with Gasteiger partial charge in [-0.15, -0.1) is 11.3 Å². The first-order chi connectivity index (χ1) is 37.5. The number of carbonyl (C=O) groups is 4. The number of rotatable bonds is 14. The van der Waals surface area contributed by atoms with Gasteiger partial charge in [0, 0.05) is 99.3 Å². The molecule has 4 N–H and O–H groups in total. The lowest BCUT2D eigenvalue weighted by Crippen LogP contribution is -2.46. The van der Waals surface area contributed by atoms with E-state index in [1.54, 1.807) is 32.4 Å². The quantitative estimate of drug-likeness (QED) is 0.102. The number of aliphatic carboxylic acids is 2. The highest BCUT2D eigenvalue weighted by Crippen LogP contribution is 2.37. The molecule has 7 heterocycles. The molecular weight excluding hydrogens is 1060 g/mol. The van der Waals surface area contributed by atoms with Crippen molar-refractivity contribution in [3.63, 3.8) is 0 Å². The number of esters is 2. The van der Waals surface area contributed by atoms with E-state index in [0.29, 0.717) is 48.3 Å². The van der Waals surface area contributed by atoms with E-state index in [1.807, 2.05) is 31.1 Å². The molecule has 5 fully saturated rings. The fourth-order valence-electron chi connectivity index (χ4n) is 8.37. The lowest BCUT2D eigenvalue weighted by Gasteiger charge is -2.34. The van der Waals surface area contributed by atoms with E-state index in [9.17, 15) is 23.6 Å². The fourth-order valence-corrected chi connectivity index (χ4v) is 9.22. The second kappa shape index (κ2) is 36.3. The van der Waals surface area contributed by atoms with Gasteiger partial charge in [-0.25, -0.2) is 28.6 Å². The van der Waals surface area contributed by atoms with Crippen LogP contribution in [0.5, 0.6) is 0 Å². The molecule has 1 unspecified atom stereocenters. The van der Waals surface area contributed by atoms with Gasteiger partial charge in [-0.3, -0.25) is 9.89 Å². The maximum Gasteiger partial charge on any atom is 0.338 e. The summed E-state index contributed by atoms with van der Waals surface area (Å²) in [5.74, 6) is -2.87. The number of halogens is 2. The van der Waals surface area contributed by atoms with Crippen LogP contribution in [0.25, 0.3) is 0 Å². The molecule has 1 aromatic heterocycles. The van der Waals surface area contributed by atoms with E-state index in [2.05, 4.69) is 10.3 Å². The Hall–Kier alpha value is -4.94. The number of aliphatic hydroxyl groups excluding tert-OH is 1. The van der Waals surface area contributed by atoms with Crippen molar-refractivity contribution in [2.24, 2.45) is 4.99 Å². The lowest BCUT2D eigenvalue weighted by atomic mass is 9.95. The molecule has 6 aliphatic rings. The van der Waals surface area contributed by atoms with Gasteiger partial charge in [0.05, 0.1) is 49.8 Å². The molecule has 0 radical (unpaired) electrons. The number of aliphatic imine (C=N–C) groups is 1. The van der Waals surface area contributed by atoms with Crippen LogP contribution in [0.4, 0.5) is 4.39 Å². The largest absolute Gasteiger partial charge is 0.478 e. The number of carboxylic acid groups (broad SMARTS) is 2. The van der Waals surface area contributed by atoms with Crippen molar-refractivity contribution < 1.29 is 76.8 Å². The third-order valence-electron chi connectivity index (χ3n) is 12.1. The van der Waals surface area contributed by atoms with Crippen LogP contribution in [-0.4, -0.2) is 164 Å². The number of aliphatic hydroxyl groups is 1. The van der Waals surface area contributed by atoms with Gasteiger partial charge in [-0.2, -0.15) is 0 Å². The Morgan fingerprint density at radius 2 is 1.44 bits per heavy atom. The molecule has 78 heavy (non-hydrogen) atoms. The first-order valence-corrected chi connectivity index (χ1v) is 28.0. The first kappa shape index (κ1) is 65.6. The zero-order valence-corrected chi connectivity index (χ0v) is 47.2. The van der Waals surface area contributed by atoms with Gasteiger partial charge < -0.3 is 58.5 Å². The summed E-state index contributed by atoms with van der Waals surface area (Å²) in [7, 11) is 1.69. The van der Waals surface area contributed by atoms with Crippen LogP contribution in [0.1, 0.15) is 121 Å². The van der Waals surface area contributed by atoms with Gasteiger partial charge in [0.25, 0.3) is 0 Å². The highest BCUT2D eigenvalue weighted by atomic mass is 35.5. The lowest BCUT2D eigenvalue weighted by molar-refractivity contribution is -0.148. The number of hydrogen-bond donors (Lipinski definition) is 4. The standard InChI is InChI=1S/C24H24ClFN4O5S.C12H20O3.C8H12O3.2C6H12O2/c1-2-34-24(33)20-18(13-30-8-9-35-15(12-30)4-6-19(31)32)28-22(23-27-7-10-36-23)29-21(20)16-5-3-14(26)11-17(16)25;1-12(2,3)15-11(13)8-7-10-6-4-5-9-14-10;9-8(10)5-4-7-3-1-2-6-11-7;1-7-6-4-2-3-5-8-6;7-5-6-3-1-2-4-8-6/h3-7,10-11,15,21H,2,8-9,12-13H2,1H3,(H,28,29)(H,31,32);7-8,10H,4-6,9H2,1-3H3;4-5,7H,1-3,6H2,(H,9,10);6H,2-5H2,1H3;6-7H,1-5H2/b6-4+;8-7+;5-4+;;/t15-,21+;10-;7-;;6-/m100.0/s1. The summed E-state index contributed by atoms with van der Waals surface area (Å²) in [5.41, 5.74) is 0.838. The van der Waals surface area contributed by atoms with Gasteiger partial charge in [-0.05, 0) is 135 Å². The molecule has 2 aromatic rings. The van der Waals surface area contributed by atoms with Crippen LogP contribution in [0.2, 0.25) is 5.02 Å². The van der Waals surface area contributed by atoms with Gasteiger partial charge >= 0.3 is 23.9 Å². The Morgan fingerprint density at radius 3 is 1.92 bits per heavy atom. The maximum absolute atomic E-state index is 13.8. The number of amidine groups is 1. The van der Waals surface area contributed by atoms with Crippen molar-refractivity contribution in [2.75, 3.05) is 73.0 Å². The Labute approximate surface area is 466 Å². The van der Waals surface area contributed by atoms with Crippen LogP contribution < -0.4 is 5.32 Å². The molecule has 0 saturated carbocycles. The number of thiazole rings is 1. The molecule has 6 aliphatic heterocycles. The second-order valence-corrected chi connectivity index (χ2v) is 20.9. The van der Waals surface area contributed by atoms with Crippen LogP contribution in [0.15, 0.2) is 82.5 Å². The molecule has 434 valence electrons. The Bertz CT molecular complexity index is 2250. The van der Waals surface area contributed by atoms with Crippen LogP contribution in [-0.2, 0) is 57.1 Å². The molecule has 19 nitrogen and oxygen atoms in total. The number of carboxylic acids is 2. The number of aromatic nitrogens is 1. The summed E-state index contributed by atoms with van der Waals surface area (Å²) in [5, 5.41) is 31.6. The van der Waals surface area contributed by atoms with Gasteiger partial charge in [-0.1, -0.05) is 17.7 Å². The number of carbonyl (C=O) groups excluding carboxylic acids is 2. The minimum absolute atomic E-state index is 0.0276. The average molecular weight is 1140 g/mol. The average Bonchev–Trinajstić information content (AvgIpc) is 4.07. The van der Waals surface area contributed by atoms with Crippen LogP contribution >= 0.6 is 22.9 Å². The maximum atomic E-state index is 13.8. The van der Waals surface area contributed by atoms with E-state index in [-0.39, 0.29) is 54.4 Å². The number of ether oxygens (including phenoxy) is 8. The van der Waals surface area contributed by atoms with Crippen LogP contribution in [0, 0.1) is 5.82 Å². The van der Waals surface area contributed by atoms with Crippen LogP contribution in [0.3, 0.4) is 0 Å². The molecule has 0 spiro atoms. The predicted octanol–water partition coefficient (Wildman–Crippen LogP) is 8.54. The zero-order valence-electron chi connectivity index (χ0n) is 45.6. The van der Waals surface area contributed by atoms with E-state index < -0.39 is 41.5 Å². The smallest absolute Gasteiger partial charge is 0.338 e. The van der Waals surface area contributed by atoms with Crippen molar-refractivity contribution in [2.45, 2.75) is 147 Å². The summed E-state index contributed by atoms with van der Waals surface area (Å²) in [6.07, 6.45) is 23.5. The zero-order chi connectivity index (χ0) is 56.7. The molecule has 0 aliphatic carbocycles. The molecule has 5 saturated heterocycles. The van der Waals surface area contributed by atoms with E-state index in [4.69, 9.17) is 69.8 Å². The normalized spacial score (nSPS) is 23.9. The van der Waals surface area contributed by atoms with Gasteiger partial charge in [0.2, 0.25) is 0 Å². The van der Waals surface area contributed by atoms with Crippen molar-refractivity contribution in [1.82, 2.24) is 15.2 Å². The fraction of sp³-hybridized carbons (Fsp3) is 0.607. The summed E-state index contributed by atoms with van der Waals surface area (Å²) in [4.78, 5) is 56.7. The Morgan fingerprint density at radius 1 is 0.833 bits per heavy atom. The van der Waals surface area contributed by atoms with Crippen molar-refractivity contribution in [1.29, 1.82) is 0 Å². The third kappa shape index (κ3) is 25.9. The SMILES string of the molecule is CC(C)(C)OC(=O)/C=C/[C@@H]1CCCCO1.CCOC(=O)C1=C(CN2CCO[C@H](/C=C/C(=O)O)C2)NC(c2nccs2)=N[C@H]1c1ccc(F)cc1Cl.COC1CCCCO1.O=C(O)/C=C/[C@@H]1CCCCO1.OC[C@@H]1CCCCO1. The summed E-state index contributed by atoms with van der Waals surface area (Å²) in [6.45, 7) is 12.6.